The fourth-order valence-electron chi connectivity index (χ4n) is 1.41. The molecule has 0 saturated carbocycles. The van der Waals surface area contributed by atoms with Crippen LogP contribution in [-0.4, -0.2) is 17.2 Å². The van der Waals surface area contributed by atoms with E-state index in [2.05, 4.69) is 10.5 Å². The van der Waals surface area contributed by atoms with Gasteiger partial charge < -0.3 is 14.6 Å². The van der Waals surface area contributed by atoms with Gasteiger partial charge in [0.05, 0.1) is 0 Å². The molecule has 1 atom stereocenters. The molecule has 2 aromatic rings. The molecule has 0 fully saturated rings. The van der Waals surface area contributed by atoms with Gasteiger partial charge in [-0.05, 0) is 26.0 Å². The van der Waals surface area contributed by atoms with Gasteiger partial charge in [-0.3, -0.25) is 4.79 Å². The lowest BCUT2D eigenvalue weighted by atomic mass is 10.3. The van der Waals surface area contributed by atoms with E-state index in [1.54, 1.807) is 32.0 Å². The Labute approximate surface area is 105 Å². The van der Waals surface area contributed by atoms with Gasteiger partial charge in [0.25, 0.3) is 5.91 Å². The summed E-state index contributed by atoms with van der Waals surface area (Å²) in [5.74, 6) is 1.41. The van der Waals surface area contributed by atoms with Crippen molar-refractivity contribution in [1.29, 1.82) is 0 Å². The molecular weight excluding hydrogens is 232 g/mol. The topological polar surface area (TPSA) is 64.4 Å². The largest absolute Gasteiger partial charge is 0.481 e. The summed E-state index contributed by atoms with van der Waals surface area (Å²) in [5.41, 5.74) is 0. The van der Waals surface area contributed by atoms with Crippen LogP contribution in [0.3, 0.4) is 0 Å². The van der Waals surface area contributed by atoms with Crippen molar-refractivity contribution in [2.75, 3.05) is 5.32 Å². The number of benzene rings is 1. The van der Waals surface area contributed by atoms with Crippen molar-refractivity contribution >= 4 is 11.7 Å². The first-order chi connectivity index (χ1) is 8.65. The maximum atomic E-state index is 11.8. The van der Waals surface area contributed by atoms with Crippen LogP contribution in [0.2, 0.25) is 0 Å². The lowest BCUT2D eigenvalue weighted by Gasteiger charge is -2.13. The smallest absolute Gasteiger partial charge is 0.266 e. The average Bonchev–Trinajstić information content (AvgIpc) is 2.76. The van der Waals surface area contributed by atoms with E-state index in [0.717, 1.165) is 0 Å². The Morgan fingerprint density at radius 2 is 2.11 bits per heavy atom. The summed E-state index contributed by atoms with van der Waals surface area (Å²) in [4.78, 5) is 11.8. The first-order valence-corrected chi connectivity index (χ1v) is 5.61. The van der Waals surface area contributed by atoms with Gasteiger partial charge >= 0.3 is 0 Å². The summed E-state index contributed by atoms with van der Waals surface area (Å²) in [6.45, 7) is 3.43. The highest BCUT2D eigenvalue weighted by atomic mass is 16.5. The summed E-state index contributed by atoms with van der Waals surface area (Å²) in [5, 5.41) is 6.30. The Morgan fingerprint density at radius 3 is 2.72 bits per heavy atom. The predicted octanol–water partition coefficient (Wildman–Crippen LogP) is 2.39. The second kappa shape index (κ2) is 5.35. The van der Waals surface area contributed by atoms with Crippen molar-refractivity contribution in [2.24, 2.45) is 0 Å². The third-order valence-corrected chi connectivity index (χ3v) is 2.30. The highest BCUT2D eigenvalue weighted by molar-refractivity contribution is 5.93. The Balaban J connectivity index is 1.93. The number of nitrogens with one attached hydrogen (secondary N) is 1. The third kappa shape index (κ3) is 3.10. The van der Waals surface area contributed by atoms with E-state index in [4.69, 9.17) is 9.26 Å². The number of carbonyl (C=O) groups is 1. The van der Waals surface area contributed by atoms with Crippen molar-refractivity contribution in [3.8, 4) is 5.75 Å². The van der Waals surface area contributed by atoms with E-state index < -0.39 is 6.10 Å². The molecular formula is C13H14N2O3. The number of ether oxygens (including phenoxy) is 1. The van der Waals surface area contributed by atoms with Gasteiger partial charge in [0.2, 0.25) is 0 Å². The minimum absolute atomic E-state index is 0.271. The zero-order valence-corrected chi connectivity index (χ0v) is 10.2. The molecule has 5 heteroatoms. The number of aryl methyl sites for hydroxylation is 1. The highest BCUT2D eigenvalue weighted by Gasteiger charge is 2.16. The van der Waals surface area contributed by atoms with E-state index >= 15 is 0 Å². The monoisotopic (exact) mass is 246 g/mol. The second-order valence-corrected chi connectivity index (χ2v) is 3.89. The lowest BCUT2D eigenvalue weighted by molar-refractivity contribution is -0.122. The first kappa shape index (κ1) is 12.2. The summed E-state index contributed by atoms with van der Waals surface area (Å²) in [7, 11) is 0. The molecule has 0 bridgehead atoms. The Kier molecular flexibility index (Phi) is 3.62. The van der Waals surface area contributed by atoms with Gasteiger partial charge in [0, 0.05) is 6.07 Å². The molecule has 94 valence electrons. The third-order valence-electron chi connectivity index (χ3n) is 2.30. The van der Waals surface area contributed by atoms with Crippen molar-refractivity contribution in [3.05, 3.63) is 42.2 Å². The van der Waals surface area contributed by atoms with E-state index in [0.29, 0.717) is 17.3 Å². The van der Waals surface area contributed by atoms with Crippen LogP contribution in [0, 0.1) is 6.92 Å². The molecule has 1 heterocycles. The fourth-order valence-corrected chi connectivity index (χ4v) is 1.41. The van der Waals surface area contributed by atoms with Gasteiger partial charge in [-0.1, -0.05) is 23.4 Å². The van der Waals surface area contributed by atoms with E-state index in [1.165, 1.54) is 0 Å². The summed E-state index contributed by atoms with van der Waals surface area (Å²) in [6.07, 6.45) is -0.607. The number of amides is 1. The van der Waals surface area contributed by atoms with E-state index in [9.17, 15) is 4.79 Å². The SMILES string of the molecule is Cc1cc(NC(=O)[C@H](C)Oc2ccccc2)no1. The highest BCUT2D eigenvalue weighted by Crippen LogP contribution is 2.12. The molecule has 0 aliphatic heterocycles. The molecule has 5 nitrogen and oxygen atoms in total. The van der Waals surface area contributed by atoms with Crippen LogP contribution in [0.1, 0.15) is 12.7 Å². The minimum Gasteiger partial charge on any atom is -0.481 e. The molecule has 1 N–H and O–H groups in total. The van der Waals surface area contributed by atoms with Crippen LogP contribution < -0.4 is 10.1 Å². The number of rotatable bonds is 4. The average molecular weight is 246 g/mol. The van der Waals surface area contributed by atoms with Crippen molar-refractivity contribution in [2.45, 2.75) is 20.0 Å². The summed E-state index contributed by atoms with van der Waals surface area (Å²) < 4.78 is 10.3. The molecule has 0 spiro atoms. The molecule has 0 saturated heterocycles. The number of aromatic nitrogens is 1. The van der Waals surface area contributed by atoms with Crippen LogP contribution >= 0.6 is 0 Å². The number of anilines is 1. The summed E-state index contributed by atoms with van der Waals surface area (Å²) >= 11 is 0. The van der Waals surface area contributed by atoms with Crippen molar-refractivity contribution in [3.63, 3.8) is 0 Å². The number of nitrogens with zero attached hydrogens (tertiary/aromatic N) is 1. The fraction of sp³-hybridized carbons (Fsp3) is 0.231. The van der Waals surface area contributed by atoms with E-state index in [-0.39, 0.29) is 5.91 Å². The standard InChI is InChI=1S/C13H14N2O3/c1-9-8-12(15-18-9)14-13(16)10(2)17-11-6-4-3-5-7-11/h3-8,10H,1-2H3,(H,14,15,16)/t10-/m0/s1. The van der Waals surface area contributed by atoms with Crippen LogP contribution in [0.25, 0.3) is 0 Å². The van der Waals surface area contributed by atoms with Gasteiger partial charge in [0.15, 0.2) is 11.9 Å². The summed E-state index contributed by atoms with van der Waals surface area (Å²) in [6, 6.07) is 10.8. The number of hydrogen-bond acceptors (Lipinski definition) is 4. The van der Waals surface area contributed by atoms with Crippen LogP contribution in [0.15, 0.2) is 40.9 Å². The number of para-hydroxylation sites is 1. The number of hydrogen-bond donors (Lipinski definition) is 1. The molecule has 1 aromatic heterocycles. The first-order valence-electron chi connectivity index (χ1n) is 5.61. The Hall–Kier alpha value is -2.30. The maximum absolute atomic E-state index is 11.8. The molecule has 1 aromatic carbocycles. The zero-order chi connectivity index (χ0) is 13.0. The molecule has 0 aliphatic carbocycles. The van der Waals surface area contributed by atoms with Crippen molar-refractivity contribution in [1.82, 2.24) is 5.16 Å². The van der Waals surface area contributed by atoms with Crippen LogP contribution in [-0.2, 0) is 4.79 Å². The van der Waals surface area contributed by atoms with E-state index in [1.807, 2.05) is 18.2 Å². The normalized spacial score (nSPS) is 11.9. The molecule has 0 radical (unpaired) electrons. The van der Waals surface area contributed by atoms with Gasteiger partial charge in [-0.25, -0.2) is 0 Å². The van der Waals surface area contributed by atoms with Gasteiger partial charge in [0.1, 0.15) is 11.5 Å². The Morgan fingerprint density at radius 1 is 1.39 bits per heavy atom. The predicted molar refractivity (Wildman–Crippen MR) is 66.4 cm³/mol. The van der Waals surface area contributed by atoms with Gasteiger partial charge in [-0.2, -0.15) is 0 Å². The molecule has 18 heavy (non-hydrogen) atoms. The quantitative estimate of drug-likeness (QED) is 0.899. The minimum atomic E-state index is -0.607. The molecule has 0 unspecified atom stereocenters. The van der Waals surface area contributed by atoms with Crippen molar-refractivity contribution < 1.29 is 14.1 Å². The lowest BCUT2D eigenvalue weighted by Crippen LogP contribution is -2.30. The maximum Gasteiger partial charge on any atom is 0.266 e. The number of carbonyl (C=O) groups excluding carboxylic acids is 1. The molecule has 1 amide bonds. The van der Waals surface area contributed by atoms with Gasteiger partial charge in [-0.15, -0.1) is 0 Å². The zero-order valence-electron chi connectivity index (χ0n) is 10.2. The second-order valence-electron chi connectivity index (χ2n) is 3.89. The van der Waals surface area contributed by atoms with Crippen LogP contribution in [0.4, 0.5) is 5.82 Å². The Bertz CT molecular complexity index is 522. The van der Waals surface area contributed by atoms with Crippen LogP contribution in [0.5, 0.6) is 5.75 Å². The molecule has 0 aliphatic rings. The molecule has 2 rings (SSSR count).